The van der Waals surface area contributed by atoms with Gasteiger partial charge in [-0.15, -0.1) is 0 Å². The fourth-order valence-electron chi connectivity index (χ4n) is 1.32. The van der Waals surface area contributed by atoms with E-state index < -0.39 is 18.5 Å². The minimum atomic E-state index is -1.22. The second-order valence-corrected chi connectivity index (χ2v) is 3.11. The summed E-state index contributed by atoms with van der Waals surface area (Å²) in [5.41, 5.74) is 0.642. The van der Waals surface area contributed by atoms with Crippen molar-refractivity contribution in [1.29, 1.82) is 0 Å². The summed E-state index contributed by atoms with van der Waals surface area (Å²) >= 11 is 0. The number of hydrogen-bond acceptors (Lipinski definition) is 4. The lowest BCUT2D eigenvalue weighted by molar-refractivity contribution is 0.120. The van der Waals surface area contributed by atoms with Crippen LogP contribution in [0.3, 0.4) is 0 Å². The number of halogens is 1. The first-order chi connectivity index (χ1) is 7.22. The van der Waals surface area contributed by atoms with E-state index in [4.69, 9.17) is 9.52 Å². The van der Waals surface area contributed by atoms with Gasteiger partial charge in [-0.05, 0) is 12.1 Å². The number of fused-ring (bicyclic) bond motifs is 1. The molecule has 0 spiro atoms. The Labute approximate surface area is 83.8 Å². The van der Waals surface area contributed by atoms with Crippen LogP contribution in [0.1, 0.15) is 0 Å². The number of nitrogens with zero attached hydrogens (tertiary/aromatic N) is 2. The van der Waals surface area contributed by atoms with Gasteiger partial charge in [-0.1, -0.05) is 0 Å². The second-order valence-electron chi connectivity index (χ2n) is 3.11. The van der Waals surface area contributed by atoms with Crippen LogP contribution in [-0.4, -0.2) is 27.4 Å². The van der Waals surface area contributed by atoms with Crippen LogP contribution in [-0.2, 0) is 6.54 Å². The predicted octanol–water partition coefficient (Wildman–Crippen LogP) is 0.320. The van der Waals surface area contributed by atoms with E-state index in [0.717, 1.165) is 4.57 Å². The summed E-state index contributed by atoms with van der Waals surface area (Å²) in [6, 6.07) is 3.21. The van der Waals surface area contributed by atoms with Gasteiger partial charge in [0.2, 0.25) is 0 Å². The maximum atomic E-state index is 12.1. The monoisotopic (exact) mass is 212 g/mol. The quantitative estimate of drug-likeness (QED) is 0.795. The number of pyridine rings is 1. The van der Waals surface area contributed by atoms with Crippen molar-refractivity contribution in [2.45, 2.75) is 12.6 Å². The Morgan fingerprint density at radius 2 is 2.47 bits per heavy atom. The summed E-state index contributed by atoms with van der Waals surface area (Å²) < 4.78 is 18.1. The first-order valence-electron chi connectivity index (χ1n) is 4.40. The molecule has 6 heteroatoms. The van der Waals surface area contributed by atoms with Gasteiger partial charge in [0, 0.05) is 6.20 Å². The molecule has 0 aliphatic carbocycles. The normalized spacial score (nSPS) is 13.2. The molecule has 1 N–H and O–H groups in total. The molecule has 80 valence electrons. The van der Waals surface area contributed by atoms with Gasteiger partial charge < -0.3 is 9.52 Å². The molecular formula is C9H9FN2O3. The summed E-state index contributed by atoms with van der Waals surface area (Å²) in [7, 11) is 0. The van der Waals surface area contributed by atoms with Crippen LogP contribution in [0.25, 0.3) is 11.2 Å². The average Bonchev–Trinajstić information content (AvgIpc) is 2.55. The zero-order chi connectivity index (χ0) is 10.8. The van der Waals surface area contributed by atoms with Crippen molar-refractivity contribution in [1.82, 2.24) is 9.55 Å². The SMILES string of the molecule is O=c1oc2cccnc2n1CC(O)CF. The van der Waals surface area contributed by atoms with Gasteiger partial charge in [-0.25, -0.2) is 14.2 Å². The molecule has 1 unspecified atom stereocenters. The third-order valence-electron chi connectivity index (χ3n) is 2.00. The van der Waals surface area contributed by atoms with Gasteiger partial charge in [0.15, 0.2) is 11.2 Å². The highest BCUT2D eigenvalue weighted by molar-refractivity contribution is 5.67. The van der Waals surface area contributed by atoms with Crippen molar-refractivity contribution in [3.8, 4) is 0 Å². The molecule has 0 bridgehead atoms. The molecule has 5 nitrogen and oxygen atoms in total. The highest BCUT2D eigenvalue weighted by atomic mass is 19.1. The third-order valence-corrected chi connectivity index (χ3v) is 2.00. The molecule has 2 heterocycles. The molecule has 15 heavy (non-hydrogen) atoms. The minimum Gasteiger partial charge on any atom is -0.406 e. The molecule has 2 rings (SSSR count). The summed E-state index contributed by atoms with van der Waals surface area (Å²) in [5, 5.41) is 9.11. The number of aliphatic hydroxyl groups excluding tert-OH is 1. The van der Waals surface area contributed by atoms with Crippen LogP contribution in [0, 0.1) is 0 Å². The summed E-state index contributed by atoms with van der Waals surface area (Å²) in [5.74, 6) is -0.642. The van der Waals surface area contributed by atoms with Crippen molar-refractivity contribution in [2.24, 2.45) is 0 Å². The van der Waals surface area contributed by atoms with Crippen LogP contribution in [0.5, 0.6) is 0 Å². The second kappa shape index (κ2) is 3.82. The number of alkyl halides is 1. The molecule has 0 saturated heterocycles. The highest BCUT2D eigenvalue weighted by Gasteiger charge is 2.13. The average molecular weight is 212 g/mol. The Morgan fingerprint density at radius 1 is 1.67 bits per heavy atom. The fourth-order valence-corrected chi connectivity index (χ4v) is 1.32. The van der Waals surface area contributed by atoms with E-state index >= 15 is 0 Å². The number of rotatable bonds is 3. The van der Waals surface area contributed by atoms with Crippen LogP contribution in [0.2, 0.25) is 0 Å². The topological polar surface area (TPSA) is 68.3 Å². The highest BCUT2D eigenvalue weighted by Crippen LogP contribution is 2.08. The first-order valence-corrected chi connectivity index (χ1v) is 4.40. The lowest BCUT2D eigenvalue weighted by atomic mass is 10.4. The van der Waals surface area contributed by atoms with Gasteiger partial charge in [0.05, 0.1) is 6.54 Å². The maximum absolute atomic E-state index is 12.1. The summed E-state index contributed by atoms with van der Waals surface area (Å²) in [6.45, 7) is -1.06. The fraction of sp³-hybridized carbons (Fsp3) is 0.333. The first kappa shape index (κ1) is 9.85. The van der Waals surface area contributed by atoms with Crippen LogP contribution >= 0.6 is 0 Å². The molecule has 2 aromatic heterocycles. The Balaban J connectivity index is 2.50. The maximum Gasteiger partial charge on any atom is 0.421 e. The molecule has 0 fully saturated rings. The van der Waals surface area contributed by atoms with Crippen LogP contribution in [0.15, 0.2) is 27.5 Å². The van der Waals surface area contributed by atoms with Gasteiger partial charge in [-0.3, -0.25) is 4.57 Å². The van der Waals surface area contributed by atoms with Crippen molar-refractivity contribution in [3.05, 3.63) is 28.9 Å². The number of hydrogen-bond donors (Lipinski definition) is 1. The van der Waals surface area contributed by atoms with E-state index in [9.17, 15) is 9.18 Å². The lowest BCUT2D eigenvalue weighted by Gasteiger charge is -2.04. The zero-order valence-corrected chi connectivity index (χ0v) is 7.76. The Bertz CT molecular complexity index is 519. The standard InChI is InChI=1S/C9H9FN2O3/c10-4-6(13)5-12-8-7(15-9(12)14)2-1-3-11-8/h1-3,6,13H,4-5H2. The van der Waals surface area contributed by atoms with Crippen molar-refractivity contribution >= 4 is 11.2 Å². The molecular weight excluding hydrogens is 203 g/mol. The van der Waals surface area contributed by atoms with E-state index in [1.807, 2.05) is 0 Å². The van der Waals surface area contributed by atoms with Crippen LogP contribution in [0.4, 0.5) is 4.39 Å². The Hall–Kier alpha value is -1.69. The minimum absolute atomic E-state index is 0.153. The molecule has 1 atom stereocenters. The van der Waals surface area contributed by atoms with Gasteiger partial charge in [0.25, 0.3) is 0 Å². The largest absolute Gasteiger partial charge is 0.421 e. The number of aliphatic hydroxyl groups is 1. The molecule has 0 aromatic carbocycles. The number of aromatic nitrogens is 2. The summed E-state index contributed by atoms with van der Waals surface area (Å²) in [4.78, 5) is 15.2. The van der Waals surface area contributed by atoms with E-state index in [-0.39, 0.29) is 6.54 Å². The Kier molecular flexibility index (Phi) is 2.51. The van der Waals surface area contributed by atoms with Crippen molar-refractivity contribution in [3.63, 3.8) is 0 Å². The number of oxazole rings is 1. The van der Waals surface area contributed by atoms with Crippen LogP contribution < -0.4 is 5.76 Å². The van der Waals surface area contributed by atoms with E-state index in [1.54, 1.807) is 12.1 Å². The van der Waals surface area contributed by atoms with Crippen molar-refractivity contribution < 1.29 is 13.9 Å². The van der Waals surface area contributed by atoms with E-state index in [1.165, 1.54) is 6.20 Å². The predicted molar refractivity (Wildman–Crippen MR) is 50.3 cm³/mol. The van der Waals surface area contributed by atoms with E-state index in [0.29, 0.717) is 11.2 Å². The van der Waals surface area contributed by atoms with E-state index in [2.05, 4.69) is 4.98 Å². The molecule has 0 saturated carbocycles. The Morgan fingerprint density at radius 3 is 3.20 bits per heavy atom. The van der Waals surface area contributed by atoms with Gasteiger partial charge >= 0.3 is 5.76 Å². The molecule has 0 amide bonds. The lowest BCUT2D eigenvalue weighted by Crippen LogP contribution is -2.24. The smallest absolute Gasteiger partial charge is 0.406 e. The summed E-state index contributed by atoms with van der Waals surface area (Å²) in [6.07, 6.45) is 0.279. The van der Waals surface area contributed by atoms with Gasteiger partial charge in [0.1, 0.15) is 12.8 Å². The van der Waals surface area contributed by atoms with Crippen molar-refractivity contribution in [2.75, 3.05) is 6.67 Å². The van der Waals surface area contributed by atoms with Gasteiger partial charge in [-0.2, -0.15) is 0 Å². The third kappa shape index (κ3) is 1.75. The molecule has 0 aliphatic rings. The zero-order valence-electron chi connectivity index (χ0n) is 7.76. The molecule has 0 radical (unpaired) electrons. The molecule has 2 aromatic rings. The molecule has 0 aliphatic heterocycles.